The summed E-state index contributed by atoms with van der Waals surface area (Å²) in [5, 5.41) is 17.9. The van der Waals surface area contributed by atoms with Crippen LogP contribution in [0.3, 0.4) is 0 Å². The van der Waals surface area contributed by atoms with Gasteiger partial charge < -0.3 is 14.6 Å². The lowest BCUT2D eigenvalue weighted by molar-refractivity contribution is 0.292. The molecule has 0 atom stereocenters. The van der Waals surface area contributed by atoms with E-state index in [4.69, 9.17) is 9.47 Å². The Kier molecular flexibility index (Phi) is 6.05. The molecular weight excluding hydrogens is 466 g/mol. The molecule has 6 nitrogen and oxygen atoms in total. The van der Waals surface area contributed by atoms with Gasteiger partial charge >= 0.3 is 6.01 Å². The van der Waals surface area contributed by atoms with Gasteiger partial charge in [0, 0.05) is 12.0 Å². The second-order valence-corrected chi connectivity index (χ2v) is 7.07. The lowest BCUT2D eigenvalue weighted by Crippen LogP contribution is -2.05. The number of ether oxygens (including phenoxy) is 2. The fourth-order valence-corrected chi connectivity index (χ4v) is 3.42. The lowest BCUT2D eigenvalue weighted by Gasteiger charge is -2.07. The summed E-state index contributed by atoms with van der Waals surface area (Å²) in [6, 6.07) is 11.5. The van der Waals surface area contributed by atoms with E-state index in [1.807, 2.05) is 24.3 Å². The molecule has 134 valence electrons. The predicted octanol–water partition coefficient (Wildman–Crippen LogP) is 4.40. The van der Waals surface area contributed by atoms with Crippen LogP contribution >= 0.6 is 31.9 Å². The van der Waals surface area contributed by atoms with Crippen LogP contribution in [0.5, 0.6) is 17.5 Å². The van der Waals surface area contributed by atoms with E-state index < -0.39 is 0 Å². The number of hydrogen-bond acceptors (Lipinski definition) is 6. The molecule has 0 aliphatic heterocycles. The molecule has 0 unspecified atom stereocenters. The second-order valence-electron chi connectivity index (χ2n) is 5.36. The number of methoxy groups -OCH3 is 1. The number of rotatable bonds is 6. The van der Waals surface area contributed by atoms with Crippen molar-refractivity contribution in [1.29, 1.82) is 0 Å². The first-order chi connectivity index (χ1) is 12.6. The van der Waals surface area contributed by atoms with Crippen LogP contribution < -0.4 is 9.47 Å². The number of halogens is 2. The van der Waals surface area contributed by atoms with Gasteiger partial charge in [0.05, 0.1) is 28.9 Å². The van der Waals surface area contributed by atoms with Crippen LogP contribution in [0, 0.1) is 0 Å². The van der Waals surface area contributed by atoms with Crippen molar-refractivity contribution in [2.75, 3.05) is 13.7 Å². The largest absolute Gasteiger partial charge is 0.506 e. The zero-order valence-electron chi connectivity index (χ0n) is 13.8. The summed E-state index contributed by atoms with van der Waals surface area (Å²) in [6.07, 6.45) is 2.31. The molecule has 1 N–H and O–H groups in total. The SMILES string of the molecule is COc1ccc(CCOc2ncc(-c3cc(Br)c(O)c(Br)c3)nn2)cc1. The number of phenols is 1. The van der Waals surface area contributed by atoms with E-state index in [1.165, 1.54) is 0 Å². The molecule has 0 radical (unpaired) electrons. The zero-order chi connectivity index (χ0) is 18.5. The van der Waals surface area contributed by atoms with Gasteiger partial charge in [-0.25, -0.2) is 4.98 Å². The minimum atomic E-state index is 0.133. The monoisotopic (exact) mass is 479 g/mol. The first kappa shape index (κ1) is 18.6. The van der Waals surface area contributed by atoms with Gasteiger partial charge in [0.15, 0.2) is 0 Å². The first-order valence-electron chi connectivity index (χ1n) is 7.70. The lowest BCUT2D eigenvalue weighted by atomic mass is 10.1. The maximum absolute atomic E-state index is 9.77. The van der Waals surface area contributed by atoms with Crippen molar-refractivity contribution in [2.24, 2.45) is 0 Å². The summed E-state index contributed by atoms with van der Waals surface area (Å²) < 4.78 is 11.8. The fourth-order valence-electron chi connectivity index (χ4n) is 2.23. The van der Waals surface area contributed by atoms with Crippen LogP contribution in [0.15, 0.2) is 51.5 Å². The Morgan fingerprint density at radius 2 is 1.73 bits per heavy atom. The molecule has 0 spiro atoms. The molecule has 0 bridgehead atoms. The Hall–Kier alpha value is -2.19. The molecule has 3 aromatic rings. The second kappa shape index (κ2) is 8.46. The average molecular weight is 481 g/mol. The van der Waals surface area contributed by atoms with Crippen molar-refractivity contribution in [1.82, 2.24) is 15.2 Å². The fraction of sp³-hybridized carbons (Fsp3) is 0.167. The number of phenolic OH excluding ortho intramolecular Hbond substituents is 1. The van der Waals surface area contributed by atoms with E-state index in [1.54, 1.807) is 25.4 Å². The van der Waals surface area contributed by atoms with Gasteiger partial charge in [-0.15, -0.1) is 5.10 Å². The molecular formula is C18H15Br2N3O3. The van der Waals surface area contributed by atoms with Crippen LogP contribution in [-0.4, -0.2) is 34.0 Å². The molecule has 1 aromatic heterocycles. The van der Waals surface area contributed by atoms with Crippen LogP contribution in [0.4, 0.5) is 0 Å². The van der Waals surface area contributed by atoms with Gasteiger partial charge in [0.1, 0.15) is 17.2 Å². The summed E-state index contributed by atoms with van der Waals surface area (Å²) in [6.45, 7) is 0.448. The molecule has 2 aromatic carbocycles. The number of aromatic hydroxyl groups is 1. The summed E-state index contributed by atoms with van der Waals surface area (Å²) in [4.78, 5) is 4.19. The van der Waals surface area contributed by atoms with E-state index in [0.29, 0.717) is 21.2 Å². The number of nitrogens with zero attached hydrogens (tertiary/aromatic N) is 3. The number of benzene rings is 2. The normalized spacial score (nSPS) is 10.6. The Balaban J connectivity index is 1.60. The Labute approximate surface area is 167 Å². The third-order valence-electron chi connectivity index (χ3n) is 3.63. The summed E-state index contributed by atoms with van der Waals surface area (Å²) in [7, 11) is 1.64. The number of aromatic nitrogens is 3. The maximum Gasteiger partial charge on any atom is 0.335 e. The van der Waals surface area contributed by atoms with E-state index in [9.17, 15) is 5.11 Å². The van der Waals surface area contributed by atoms with Crippen molar-refractivity contribution < 1.29 is 14.6 Å². The van der Waals surface area contributed by atoms with Crippen LogP contribution in [0.25, 0.3) is 11.3 Å². The third kappa shape index (κ3) is 4.50. The van der Waals surface area contributed by atoms with Crippen molar-refractivity contribution in [3.63, 3.8) is 0 Å². The minimum Gasteiger partial charge on any atom is -0.506 e. The highest BCUT2D eigenvalue weighted by atomic mass is 79.9. The van der Waals surface area contributed by atoms with Gasteiger partial charge in [-0.2, -0.15) is 0 Å². The van der Waals surface area contributed by atoms with Crippen LogP contribution in [-0.2, 0) is 6.42 Å². The van der Waals surface area contributed by atoms with E-state index in [-0.39, 0.29) is 11.8 Å². The molecule has 0 amide bonds. The average Bonchev–Trinajstić information content (AvgIpc) is 2.67. The van der Waals surface area contributed by atoms with E-state index in [0.717, 1.165) is 23.3 Å². The van der Waals surface area contributed by atoms with Crippen molar-refractivity contribution >= 4 is 31.9 Å². The van der Waals surface area contributed by atoms with Gasteiger partial charge in [0.25, 0.3) is 0 Å². The topological polar surface area (TPSA) is 77.4 Å². The number of hydrogen-bond donors (Lipinski definition) is 1. The molecule has 8 heteroatoms. The van der Waals surface area contributed by atoms with E-state index >= 15 is 0 Å². The highest BCUT2D eigenvalue weighted by Crippen LogP contribution is 2.36. The molecule has 0 saturated carbocycles. The third-order valence-corrected chi connectivity index (χ3v) is 4.84. The highest BCUT2D eigenvalue weighted by Gasteiger charge is 2.10. The van der Waals surface area contributed by atoms with Crippen molar-refractivity contribution in [2.45, 2.75) is 6.42 Å². The molecule has 0 aliphatic carbocycles. The highest BCUT2D eigenvalue weighted by molar-refractivity contribution is 9.11. The van der Waals surface area contributed by atoms with Gasteiger partial charge in [-0.05, 0) is 61.7 Å². The Bertz CT molecular complexity index is 864. The summed E-state index contributed by atoms with van der Waals surface area (Å²) >= 11 is 6.59. The zero-order valence-corrected chi connectivity index (χ0v) is 17.0. The minimum absolute atomic E-state index is 0.133. The Morgan fingerprint density at radius 1 is 1.04 bits per heavy atom. The molecule has 0 fully saturated rings. The molecule has 1 heterocycles. The molecule has 0 aliphatic rings. The van der Waals surface area contributed by atoms with Crippen molar-refractivity contribution in [3.8, 4) is 28.8 Å². The van der Waals surface area contributed by atoms with Gasteiger partial charge in [0.2, 0.25) is 0 Å². The Morgan fingerprint density at radius 3 is 2.31 bits per heavy atom. The molecule has 0 saturated heterocycles. The molecule has 3 rings (SSSR count). The summed E-state index contributed by atoms with van der Waals surface area (Å²) in [5.41, 5.74) is 2.48. The van der Waals surface area contributed by atoms with Crippen molar-refractivity contribution in [3.05, 3.63) is 57.1 Å². The summed E-state index contributed by atoms with van der Waals surface area (Å²) in [5.74, 6) is 0.957. The van der Waals surface area contributed by atoms with Crippen LogP contribution in [0.2, 0.25) is 0 Å². The first-order valence-corrected chi connectivity index (χ1v) is 9.29. The maximum atomic E-state index is 9.77. The molecule has 26 heavy (non-hydrogen) atoms. The standard InChI is InChI=1S/C18H15Br2N3O3/c1-25-13-4-2-11(3-5-13)6-7-26-18-21-10-16(22-23-18)12-8-14(19)17(24)15(20)9-12/h2-5,8-10,24H,6-7H2,1H3. The van der Waals surface area contributed by atoms with E-state index in [2.05, 4.69) is 47.0 Å². The van der Waals surface area contributed by atoms with Gasteiger partial charge in [-0.1, -0.05) is 17.2 Å². The van der Waals surface area contributed by atoms with Crippen LogP contribution in [0.1, 0.15) is 5.56 Å². The quantitative estimate of drug-likeness (QED) is 0.563. The van der Waals surface area contributed by atoms with Gasteiger partial charge in [-0.3, -0.25) is 0 Å². The predicted molar refractivity (Wildman–Crippen MR) is 105 cm³/mol. The smallest absolute Gasteiger partial charge is 0.335 e.